The summed E-state index contributed by atoms with van der Waals surface area (Å²) in [6, 6.07) is 14.1. The molecular formula is C15H16N4. The first kappa shape index (κ1) is 11.6. The number of anilines is 2. The molecule has 0 aliphatic carbocycles. The number of benzene rings is 2. The van der Waals surface area contributed by atoms with Crippen molar-refractivity contribution in [2.24, 2.45) is 7.05 Å². The third-order valence-corrected chi connectivity index (χ3v) is 3.17. The third-order valence-electron chi connectivity index (χ3n) is 3.17. The van der Waals surface area contributed by atoms with Crippen LogP contribution in [0.2, 0.25) is 0 Å². The molecule has 0 saturated heterocycles. The van der Waals surface area contributed by atoms with Crippen LogP contribution in [0.3, 0.4) is 0 Å². The molecule has 0 atom stereocenters. The Bertz CT molecular complexity index is 715. The molecule has 4 heteroatoms. The second-order valence-electron chi connectivity index (χ2n) is 4.66. The molecule has 0 spiro atoms. The second-order valence-corrected chi connectivity index (χ2v) is 4.66. The Kier molecular flexibility index (Phi) is 2.83. The molecule has 0 aliphatic rings. The second kappa shape index (κ2) is 4.65. The highest BCUT2D eigenvalue weighted by molar-refractivity contribution is 5.79. The summed E-state index contributed by atoms with van der Waals surface area (Å²) in [5.41, 5.74) is 10.9. The van der Waals surface area contributed by atoms with Crippen LogP contribution in [0.1, 0.15) is 5.56 Å². The van der Waals surface area contributed by atoms with Crippen molar-refractivity contribution in [3.05, 3.63) is 54.4 Å². The Balaban J connectivity index is 1.78. The van der Waals surface area contributed by atoms with Crippen molar-refractivity contribution in [2.45, 2.75) is 6.54 Å². The Morgan fingerprint density at radius 1 is 1.21 bits per heavy atom. The smallest absolute Gasteiger partial charge is 0.0955 e. The molecule has 1 heterocycles. The van der Waals surface area contributed by atoms with E-state index in [0.717, 1.165) is 29.0 Å². The molecule has 0 radical (unpaired) electrons. The number of nitrogens with zero attached hydrogens (tertiary/aromatic N) is 2. The first-order valence-corrected chi connectivity index (χ1v) is 6.22. The van der Waals surface area contributed by atoms with Gasteiger partial charge in [-0.1, -0.05) is 12.1 Å². The summed E-state index contributed by atoms with van der Waals surface area (Å²) in [7, 11) is 2.00. The standard InChI is InChI=1S/C15H16N4/c1-19-10-18-14-8-13(5-6-15(14)19)17-9-11-3-2-4-12(16)7-11/h2-8,10,17H,9,16H2,1H3. The predicted octanol–water partition coefficient (Wildman–Crippen LogP) is 2.77. The summed E-state index contributed by atoms with van der Waals surface area (Å²) in [4.78, 5) is 4.35. The molecule has 0 bridgehead atoms. The molecule has 3 aromatic rings. The van der Waals surface area contributed by atoms with E-state index in [9.17, 15) is 0 Å². The van der Waals surface area contributed by atoms with E-state index in [4.69, 9.17) is 5.73 Å². The van der Waals surface area contributed by atoms with Gasteiger partial charge in [0.15, 0.2) is 0 Å². The van der Waals surface area contributed by atoms with Crippen LogP contribution in [0, 0.1) is 0 Å². The van der Waals surface area contributed by atoms with Crippen LogP contribution in [-0.2, 0) is 13.6 Å². The maximum Gasteiger partial charge on any atom is 0.0955 e. The molecule has 0 aliphatic heterocycles. The fraction of sp³-hybridized carbons (Fsp3) is 0.133. The average molecular weight is 252 g/mol. The van der Waals surface area contributed by atoms with E-state index in [1.165, 1.54) is 5.56 Å². The van der Waals surface area contributed by atoms with Gasteiger partial charge < -0.3 is 15.6 Å². The van der Waals surface area contributed by atoms with Gasteiger partial charge in [0.1, 0.15) is 0 Å². The SMILES string of the molecule is Cn1cnc2cc(NCc3cccc(N)c3)ccc21. The van der Waals surface area contributed by atoms with E-state index in [1.807, 2.05) is 36.1 Å². The van der Waals surface area contributed by atoms with E-state index < -0.39 is 0 Å². The number of fused-ring (bicyclic) bond motifs is 1. The van der Waals surface area contributed by atoms with Crippen molar-refractivity contribution in [1.29, 1.82) is 0 Å². The van der Waals surface area contributed by atoms with E-state index >= 15 is 0 Å². The number of hydrogen-bond donors (Lipinski definition) is 2. The van der Waals surface area contributed by atoms with Crippen molar-refractivity contribution >= 4 is 22.4 Å². The number of nitrogens with one attached hydrogen (secondary N) is 1. The van der Waals surface area contributed by atoms with Gasteiger partial charge in [-0.15, -0.1) is 0 Å². The topological polar surface area (TPSA) is 55.9 Å². The molecule has 0 amide bonds. The fourth-order valence-corrected chi connectivity index (χ4v) is 2.15. The van der Waals surface area contributed by atoms with Crippen LogP contribution in [-0.4, -0.2) is 9.55 Å². The van der Waals surface area contributed by atoms with Gasteiger partial charge in [-0.2, -0.15) is 0 Å². The number of rotatable bonds is 3. The predicted molar refractivity (Wildman–Crippen MR) is 78.9 cm³/mol. The van der Waals surface area contributed by atoms with Crippen LogP contribution >= 0.6 is 0 Å². The molecule has 0 unspecified atom stereocenters. The zero-order valence-electron chi connectivity index (χ0n) is 10.8. The third kappa shape index (κ3) is 2.38. The van der Waals surface area contributed by atoms with Gasteiger partial charge in [0.05, 0.1) is 17.4 Å². The minimum atomic E-state index is 0.753. The number of aryl methyl sites for hydroxylation is 1. The Hall–Kier alpha value is -2.49. The first-order valence-electron chi connectivity index (χ1n) is 6.22. The molecule has 3 rings (SSSR count). The quantitative estimate of drug-likeness (QED) is 0.705. The Labute approximate surface area is 111 Å². The molecule has 4 nitrogen and oxygen atoms in total. The van der Waals surface area contributed by atoms with Crippen molar-refractivity contribution in [3.8, 4) is 0 Å². The first-order chi connectivity index (χ1) is 9.22. The maximum absolute atomic E-state index is 5.76. The maximum atomic E-state index is 5.76. The van der Waals surface area contributed by atoms with Crippen molar-refractivity contribution in [2.75, 3.05) is 11.1 Å². The average Bonchev–Trinajstić information content (AvgIpc) is 2.78. The van der Waals surface area contributed by atoms with Gasteiger partial charge in [0.25, 0.3) is 0 Å². The normalized spacial score (nSPS) is 10.8. The summed E-state index contributed by atoms with van der Waals surface area (Å²) in [6.45, 7) is 0.753. The highest BCUT2D eigenvalue weighted by Crippen LogP contribution is 2.18. The molecule has 0 saturated carbocycles. The Morgan fingerprint density at radius 2 is 2.11 bits per heavy atom. The summed E-state index contributed by atoms with van der Waals surface area (Å²) in [6.07, 6.45) is 1.83. The van der Waals surface area contributed by atoms with Gasteiger partial charge in [-0.25, -0.2) is 4.98 Å². The van der Waals surface area contributed by atoms with Gasteiger partial charge in [-0.3, -0.25) is 0 Å². The highest BCUT2D eigenvalue weighted by Gasteiger charge is 2.01. The summed E-state index contributed by atoms with van der Waals surface area (Å²) in [5.74, 6) is 0. The van der Waals surface area contributed by atoms with Crippen LogP contribution < -0.4 is 11.1 Å². The number of nitrogen functional groups attached to an aromatic ring is 1. The number of aromatic nitrogens is 2. The largest absolute Gasteiger partial charge is 0.399 e. The lowest BCUT2D eigenvalue weighted by Crippen LogP contribution is -2.00. The molecule has 96 valence electrons. The van der Waals surface area contributed by atoms with Gasteiger partial charge in [0, 0.05) is 25.0 Å². The number of hydrogen-bond acceptors (Lipinski definition) is 3. The molecule has 2 aromatic carbocycles. The lowest BCUT2D eigenvalue weighted by Gasteiger charge is -2.07. The molecule has 3 N–H and O–H groups in total. The van der Waals surface area contributed by atoms with Crippen LogP contribution in [0.4, 0.5) is 11.4 Å². The summed E-state index contributed by atoms with van der Waals surface area (Å²) >= 11 is 0. The van der Waals surface area contributed by atoms with Gasteiger partial charge in [-0.05, 0) is 35.9 Å². The lowest BCUT2D eigenvalue weighted by atomic mass is 10.2. The number of imidazole rings is 1. The van der Waals surface area contributed by atoms with E-state index in [2.05, 4.69) is 34.6 Å². The highest BCUT2D eigenvalue weighted by atomic mass is 15.0. The van der Waals surface area contributed by atoms with Crippen LogP contribution in [0.5, 0.6) is 0 Å². The molecule has 1 aromatic heterocycles. The van der Waals surface area contributed by atoms with Crippen molar-refractivity contribution < 1.29 is 0 Å². The number of nitrogens with two attached hydrogens (primary N) is 1. The van der Waals surface area contributed by atoms with Crippen LogP contribution in [0.15, 0.2) is 48.8 Å². The minimum absolute atomic E-state index is 0.753. The minimum Gasteiger partial charge on any atom is -0.399 e. The molecular weight excluding hydrogens is 236 g/mol. The zero-order valence-corrected chi connectivity index (χ0v) is 10.8. The molecule has 0 fully saturated rings. The summed E-state index contributed by atoms with van der Waals surface area (Å²) < 4.78 is 2.01. The lowest BCUT2D eigenvalue weighted by molar-refractivity contribution is 0.947. The van der Waals surface area contributed by atoms with Crippen molar-refractivity contribution in [1.82, 2.24) is 9.55 Å². The Morgan fingerprint density at radius 3 is 2.95 bits per heavy atom. The zero-order chi connectivity index (χ0) is 13.2. The summed E-state index contributed by atoms with van der Waals surface area (Å²) in [5, 5.41) is 3.38. The van der Waals surface area contributed by atoms with Gasteiger partial charge in [0.2, 0.25) is 0 Å². The van der Waals surface area contributed by atoms with E-state index in [1.54, 1.807) is 0 Å². The van der Waals surface area contributed by atoms with Gasteiger partial charge >= 0.3 is 0 Å². The fourth-order valence-electron chi connectivity index (χ4n) is 2.15. The van der Waals surface area contributed by atoms with E-state index in [0.29, 0.717) is 0 Å². The monoisotopic (exact) mass is 252 g/mol. The van der Waals surface area contributed by atoms with E-state index in [-0.39, 0.29) is 0 Å². The van der Waals surface area contributed by atoms with Crippen LogP contribution in [0.25, 0.3) is 11.0 Å². The molecule has 19 heavy (non-hydrogen) atoms. The van der Waals surface area contributed by atoms with Crippen molar-refractivity contribution in [3.63, 3.8) is 0 Å².